The standard InChI is InChI=1S/C13H15Cl2NO3/c1-8-6-16(7-10(5-14)19-8)13(18)11-4-9(17)2-3-12(11)15/h2-4,8,10,17H,5-7H2,1H3. The zero-order valence-electron chi connectivity index (χ0n) is 10.5. The minimum absolute atomic E-state index is 0.0166. The molecule has 6 heteroatoms. The largest absolute Gasteiger partial charge is 0.508 e. The van der Waals surface area contributed by atoms with Gasteiger partial charge in [0.1, 0.15) is 5.75 Å². The maximum atomic E-state index is 12.4. The number of carbonyl (C=O) groups is 1. The summed E-state index contributed by atoms with van der Waals surface area (Å²) in [5.74, 6) is 0.135. The lowest BCUT2D eigenvalue weighted by atomic mass is 10.1. The number of ether oxygens (including phenoxy) is 1. The predicted molar refractivity (Wildman–Crippen MR) is 74.1 cm³/mol. The monoisotopic (exact) mass is 303 g/mol. The maximum Gasteiger partial charge on any atom is 0.255 e. The Hall–Kier alpha value is -0.970. The summed E-state index contributed by atoms with van der Waals surface area (Å²) in [6, 6.07) is 4.33. The summed E-state index contributed by atoms with van der Waals surface area (Å²) in [6.07, 6.45) is -0.247. The lowest BCUT2D eigenvalue weighted by molar-refractivity contribution is -0.0570. The number of morpholine rings is 1. The van der Waals surface area contributed by atoms with E-state index in [1.807, 2.05) is 6.92 Å². The van der Waals surface area contributed by atoms with Crippen molar-refractivity contribution in [2.24, 2.45) is 0 Å². The van der Waals surface area contributed by atoms with Gasteiger partial charge in [-0.3, -0.25) is 4.79 Å². The number of hydrogen-bond donors (Lipinski definition) is 1. The fourth-order valence-corrected chi connectivity index (χ4v) is 2.51. The molecule has 4 nitrogen and oxygen atoms in total. The van der Waals surface area contributed by atoms with Crippen molar-refractivity contribution in [3.8, 4) is 5.75 Å². The van der Waals surface area contributed by atoms with Crippen LogP contribution in [0.1, 0.15) is 17.3 Å². The van der Waals surface area contributed by atoms with Crippen molar-refractivity contribution in [3.05, 3.63) is 28.8 Å². The molecule has 0 aliphatic carbocycles. The van der Waals surface area contributed by atoms with Gasteiger partial charge in [-0.25, -0.2) is 0 Å². The number of alkyl halides is 1. The molecule has 0 bridgehead atoms. The molecule has 1 saturated heterocycles. The Kier molecular flexibility index (Phi) is 4.55. The number of aromatic hydroxyl groups is 1. The quantitative estimate of drug-likeness (QED) is 0.854. The molecule has 1 N–H and O–H groups in total. The number of phenols is 1. The van der Waals surface area contributed by atoms with Gasteiger partial charge in [-0.05, 0) is 25.1 Å². The van der Waals surface area contributed by atoms with E-state index in [-0.39, 0.29) is 23.9 Å². The Labute approximate surface area is 121 Å². The summed E-state index contributed by atoms with van der Waals surface area (Å²) in [7, 11) is 0. The molecule has 104 valence electrons. The van der Waals surface area contributed by atoms with Crippen LogP contribution in [0.25, 0.3) is 0 Å². The average Bonchev–Trinajstić information content (AvgIpc) is 2.40. The number of hydrogen-bond acceptors (Lipinski definition) is 3. The van der Waals surface area contributed by atoms with Gasteiger partial charge in [0.25, 0.3) is 5.91 Å². The van der Waals surface area contributed by atoms with Crippen LogP contribution in [0.4, 0.5) is 0 Å². The molecule has 0 aromatic heterocycles. The number of nitrogens with zero attached hydrogens (tertiary/aromatic N) is 1. The Morgan fingerprint density at radius 1 is 1.53 bits per heavy atom. The van der Waals surface area contributed by atoms with Crippen LogP contribution in [0.5, 0.6) is 5.75 Å². The van der Waals surface area contributed by atoms with E-state index in [1.165, 1.54) is 18.2 Å². The Morgan fingerprint density at radius 3 is 2.95 bits per heavy atom. The average molecular weight is 304 g/mol. The van der Waals surface area contributed by atoms with E-state index in [2.05, 4.69) is 0 Å². The number of carbonyl (C=O) groups excluding carboxylic acids is 1. The van der Waals surface area contributed by atoms with Gasteiger partial charge in [-0.1, -0.05) is 11.6 Å². The van der Waals surface area contributed by atoms with Crippen molar-refractivity contribution in [1.29, 1.82) is 0 Å². The fourth-order valence-electron chi connectivity index (χ4n) is 2.14. The SMILES string of the molecule is CC1CN(C(=O)c2cc(O)ccc2Cl)CC(CCl)O1. The molecule has 1 fully saturated rings. The molecule has 1 aromatic rings. The highest BCUT2D eigenvalue weighted by Gasteiger charge is 2.29. The third kappa shape index (κ3) is 3.32. The third-order valence-electron chi connectivity index (χ3n) is 2.97. The van der Waals surface area contributed by atoms with E-state index in [4.69, 9.17) is 27.9 Å². The molecule has 19 heavy (non-hydrogen) atoms. The highest BCUT2D eigenvalue weighted by Crippen LogP contribution is 2.24. The van der Waals surface area contributed by atoms with E-state index in [1.54, 1.807) is 4.90 Å². The molecule has 2 atom stereocenters. The molecule has 1 amide bonds. The minimum atomic E-state index is -0.217. The number of rotatable bonds is 2. The van der Waals surface area contributed by atoms with Crippen molar-refractivity contribution in [2.45, 2.75) is 19.1 Å². The normalized spacial score (nSPS) is 23.4. The van der Waals surface area contributed by atoms with Crippen LogP contribution >= 0.6 is 23.2 Å². The first kappa shape index (κ1) is 14.4. The molecule has 2 rings (SSSR count). The van der Waals surface area contributed by atoms with Crippen molar-refractivity contribution in [2.75, 3.05) is 19.0 Å². The molecule has 1 aliphatic rings. The van der Waals surface area contributed by atoms with Gasteiger partial charge < -0.3 is 14.7 Å². The van der Waals surface area contributed by atoms with Crippen LogP contribution in [0.15, 0.2) is 18.2 Å². The van der Waals surface area contributed by atoms with Gasteiger partial charge in [-0.2, -0.15) is 0 Å². The molecular formula is C13H15Cl2NO3. The lowest BCUT2D eigenvalue weighted by Gasteiger charge is -2.36. The second kappa shape index (κ2) is 5.99. The van der Waals surface area contributed by atoms with Crippen molar-refractivity contribution in [3.63, 3.8) is 0 Å². The van der Waals surface area contributed by atoms with Crippen LogP contribution < -0.4 is 0 Å². The van der Waals surface area contributed by atoms with E-state index in [9.17, 15) is 9.90 Å². The second-order valence-corrected chi connectivity index (χ2v) is 5.31. The topological polar surface area (TPSA) is 49.8 Å². The fraction of sp³-hybridized carbons (Fsp3) is 0.462. The van der Waals surface area contributed by atoms with Crippen LogP contribution in [0.2, 0.25) is 5.02 Å². The zero-order chi connectivity index (χ0) is 14.0. The highest BCUT2D eigenvalue weighted by molar-refractivity contribution is 6.33. The lowest BCUT2D eigenvalue weighted by Crippen LogP contribution is -2.49. The maximum absolute atomic E-state index is 12.4. The Bertz CT molecular complexity index is 481. The molecule has 1 aliphatic heterocycles. The van der Waals surface area contributed by atoms with Gasteiger partial charge in [0.15, 0.2) is 0 Å². The summed E-state index contributed by atoms with van der Waals surface area (Å²) in [5, 5.41) is 9.78. The number of amides is 1. The highest BCUT2D eigenvalue weighted by atomic mass is 35.5. The summed E-state index contributed by atoms with van der Waals surface area (Å²) in [4.78, 5) is 14.1. The van der Waals surface area contributed by atoms with E-state index >= 15 is 0 Å². The zero-order valence-corrected chi connectivity index (χ0v) is 12.0. The van der Waals surface area contributed by atoms with Crippen molar-refractivity contribution >= 4 is 29.1 Å². The summed E-state index contributed by atoms with van der Waals surface area (Å²) >= 11 is 11.8. The minimum Gasteiger partial charge on any atom is -0.508 e. The molecule has 0 saturated carbocycles. The third-order valence-corrected chi connectivity index (χ3v) is 3.64. The van der Waals surface area contributed by atoms with Gasteiger partial charge in [0.2, 0.25) is 0 Å². The number of benzene rings is 1. The molecule has 2 unspecified atom stereocenters. The van der Waals surface area contributed by atoms with Gasteiger partial charge >= 0.3 is 0 Å². The van der Waals surface area contributed by atoms with Crippen LogP contribution in [0.3, 0.4) is 0 Å². The molecule has 1 aromatic carbocycles. The molecule has 0 spiro atoms. The first-order valence-corrected chi connectivity index (χ1v) is 6.91. The smallest absolute Gasteiger partial charge is 0.255 e. The first-order valence-electron chi connectivity index (χ1n) is 6.00. The van der Waals surface area contributed by atoms with Crippen LogP contribution in [-0.4, -0.2) is 47.1 Å². The Balaban J connectivity index is 2.21. The number of halogens is 2. The van der Waals surface area contributed by atoms with Gasteiger partial charge in [0.05, 0.1) is 28.7 Å². The summed E-state index contributed by atoms with van der Waals surface area (Å²) in [6.45, 7) is 2.81. The van der Waals surface area contributed by atoms with E-state index < -0.39 is 0 Å². The van der Waals surface area contributed by atoms with Crippen molar-refractivity contribution < 1.29 is 14.6 Å². The van der Waals surface area contributed by atoms with Crippen molar-refractivity contribution in [1.82, 2.24) is 4.90 Å². The van der Waals surface area contributed by atoms with Gasteiger partial charge in [-0.15, -0.1) is 11.6 Å². The first-order chi connectivity index (χ1) is 9.01. The van der Waals surface area contributed by atoms with Crippen LogP contribution in [-0.2, 0) is 4.74 Å². The van der Waals surface area contributed by atoms with E-state index in [0.717, 1.165) is 0 Å². The second-order valence-electron chi connectivity index (χ2n) is 4.60. The Morgan fingerprint density at radius 2 is 2.26 bits per heavy atom. The predicted octanol–water partition coefficient (Wildman–Crippen LogP) is 2.51. The molecule has 1 heterocycles. The molecular weight excluding hydrogens is 289 g/mol. The van der Waals surface area contributed by atoms with Gasteiger partial charge in [0, 0.05) is 13.1 Å². The number of phenolic OH excluding ortho intramolecular Hbond substituents is 1. The van der Waals surface area contributed by atoms with E-state index in [0.29, 0.717) is 29.6 Å². The summed E-state index contributed by atoms with van der Waals surface area (Å²) in [5.41, 5.74) is 0.295. The summed E-state index contributed by atoms with van der Waals surface area (Å²) < 4.78 is 5.60. The molecule has 0 radical (unpaired) electrons. The van der Waals surface area contributed by atoms with Crippen LogP contribution in [0, 0.1) is 0 Å².